The largest absolute Gasteiger partial charge is 0.490 e. The second-order valence-electron chi connectivity index (χ2n) is 5.55. The fourth-order valence-electron chi connectivity index (χ4n) is 2.55. The van der Waals surface area contributed by atoms with Crippen LogP contribution in [0.5, 0.6) is 11.5 Å². The number of carbonyl (C=O) groups is 1. The van der Waals surface area contributed by atoms with Crippen molar-refractivity contribution in [1.82, 2.24) is 14.8 Å². The Morgan fingerprint density at radius 3 is 2.60 bits per heavy atom. The van der Waals surface area contributed by atoms with Crippen molar-refractivity contribution >= 4 is 11.6 Å². The van der Waals surface area contributed by atoms with Crippen molar-refractivity contribution in [2.45, 2.75) is 6.42 Å². The van der Waals surface area contributed by atoms with Gasteiger partial charge >= 0.3 is 0 Å². The molecule has 0 aliphatic carbocycles. The standard InChI is InChI=1S/C18H16N4O3/c23-18(13-2-5-15(6-3-13)22-12-19-11-20-22)21-14-4-7-16-17(10-14)25-9-1-8-24-16/h2-7,10-12H,1,8-9H2,(H,21,23). The number of anilines is 1. The number of benzene rings is 2. The average molecular weight is 336 g/mol. The second kappa shape index (κ2) is 6.64. The highest BCUT2D eigenvalue weighted by Gasteiger charge is 2.12. The fraction of sp³-hybridized carbons (Fsp3) is 0.167. The Morgan fingerprint density at radius 2 is 1.84 bits per heavy atom. The molecule has 1 amide bonds. The summed E-state index contributed by atoms with van der Waals surface area (Å²) in [7, 11) is 0. The van der Waals surface area contributed by atoms with Gasteiger partial charge in [0.1, 0.15) is 12.7 Å². The molecule has 126 valence electrons. The van der Waals surface area contributed by atoms with Crippen LogP contribution in [0.4, 0.5) is 5.69 Å². The Morgan fingerprint density at radius 1 is 1.04 bits per heavy atom. The van der Waals surface area contributed by atoms with Crippen molar-refractivity contribution in [2.24, 2.45) is 0 Å². The number of nitrogens with zero attached hydrogens (tertiary/aromatic N) is 3. The number of nitrogens with one attached hydrogen (secondary N) is 1. The van der Waals surface area contributed by atoms with Gasteiger partial charge in [-0.05, 0) is 36.4 Å². The maximum Gasteiger partial charge on any atom is 0.255 e. The van der Waals surface area contributed by atoms with Crippen LogP contribution in [0.2, 0.25) is 0 Å². The monoisotopic (exact) mass is 336 g/mol. The summed E-state index contributed by atoms with van der Waals surface area (Å²) in [5, 5.41) is 6.93. The SMILES string of the molecule is O=C(Nc1ccc2c(c1)OCCCO2)c1ccc(-n2cncn2)cc1. The zero-order chi connectivity index (χ0) is 17.1. The minimum atomic E-state index is -0.195. The first-order valence-electron chi connectivity index (χ1n) is 7.96. The smallest absolute Gasteiger partial charge is 0.255 e. The Labute approximate surface area is 144 Å². The first kappa shape index (κ1) is 15.2. The Balaban J connectivity index is 1.49. The van der Waals surface area contributed by atoms with Crippen LogP contribution in [0.15, 0.2) is 55.1 Å². The fourth-order valence-corrected chi connectivity index (χ4v) is 2.55. The summed E-state index contributed by atoms with van der Waals surface area (Å²) >= 11 is 0. The van der Waals surface area contributed by atoms with E-state index in [9.17, 15) is 4.79 Å². The highest BCUT2D eigenvalue weighted by molar-refractivity contribution is 6.04. The van der Waals surface area contributed by atoms with E-state index in [1.54, 1.807) is 35.3 Å². The van der Waals surface area contributed by atoms with Crippen LogP contribution >= 0.6 is 0 Å². The first-order valence-corrected chi connectivity index (χ1v) is 7.96. The van der Waals surface area contributed by atoms with Crippen LogP contribution in [0.25, 0.3) is 5.69 Å². The number of hydrogen-bond donors (Lipinski definition) is 1. The molecule has 0 radical (unpaired) electrons. The van der Waals surface area contributed by atoms with E-state index in [-0.39, 0.29) is 5.91 Å². The molecule has 0 saturated heterocycles. The molecule has 2 heterocycles. The number of hydrogen-bond acceptors (Lipinski definition) is 5. The van der Waals surface area contributed by atoms with Gasteiger partial charge in [0, 0.05) is 23.7 Å². The molecular weight excluding hydrogens is 320 g/mol. The molecule has 0 spiro atoms. The molecular formula is C18H16N4O3. The molecule has 25 heavy (non-hydrogen) atoms. The van der Waals surface area contributed by atoms with Gasteiger partial charge in [0.25, 0.3) is 5.91 Å². The molecule has 0 bridgehead atoms. The van der Waals surface area contributed by atoms with Crippen LogP contribution in [-0.2, 0) is 0 Å². The minimum absolute atomic E-state index is 0.195. The first-order chi connectivity index (χ1) is 12.3. The van der Waals surface area contributed by atoms with Crippen LogP contribution in [0.1, 0.15) is 16.8 Å². The van der Waals surface area contributed by atoms with Gasteiger partial charge in [-0.1, -0.05) is 0 Å². The van der Waals surface area contributed by atoms with Crippen LogP contribution in [0, 0.1) is 0 Å². The highest BCUT2D eigenvalue weighted by Crippen LogP contribution is 2.32. The number of fused-ring (bicyclic) bond motifs is 1. The zero-order valence-electron chi connectivity index (χ0n) is 13.4. The van der Waals surface area contributed by atoms with Gasteiger partial charge in [0.2, 0.25) is 0 Å². The summed E-state index contributed by atoms with van der Waals surface area (Å²) in [5.74, 6) is 1.16. The van der Waals surface area contributed by atoms with Crippen molar-refractivity contribution in [3.05, 3.63) is 60.7 Å². The van der Waals surface area contributed by atoms with Gasteiger partial charge in [-0.2, -0.15) is 5.10 Å². The summed E-state index contributed by atoms with van der Waals surface area (Å²) in [6.07, 6.45) is 3.91. The van der Waals surface area contributed by atoms with Gasteiger partial charge in [0.05, 0.1) is 18.9 Å². The van der Waals surface area contributed by atoms with Crippen molar-refractivity contribution < 1.29 is 14.3 Å². The van der Waals surface area contributed by atoms with E-state index in [0.717, 1.165) is 12.1 Å². The zero-order valence-corrected chi connectivity index (χ0v) is 13.4. The minimum Gasteiger partial charge on any atom is -0.490 e. The molecule has 0 atom stereocenters. The van der Waals surface area contributed by atoms with E-state index in [1.165, 1.54) is 6.33 Å². The summed E-state index contributed by atoms with van der Waals surface area (Å²) in [6, 6.07) is 12.5. The topological polar surface area (TPSA) is 78.3 Å². The van der Waals surface area contributed by atoms with Crippen molar-refractivity contribution in [3.63, 3.8) is 0 Å². The van der Waals surface area contributed by atoms with E-state index < -0.39 is 0 Å². The number of rotatable bonds is 3. The van der Waals surface area contributed by atoms with E-state index in [0.29, 0.717) is 36.0 Å². The lowest BCUT2D eigenvalue weighted by Gasteiger charge is -2.10. The number of aromatic nitrogens is 3. The lowest BCUT2D eigenvalue weighted by molar-refractivity contribution is 0.102. The van der Waals surface area contributed by atoms with Crippen molar-refractivity contribution in [3.8, 4) is 17.2 Å². The number of amides is 1. The summed E-state index contributed by atoms with van der Waals surface area (Å²) in [5.41, 5.74) is 2.05. The number of carbonyl (C=O) groups excluding carboxylic acids is 1. The van der Waals surface area contributed by atoms with E-state index in [1.807, 2.05) is 18.2 Å². The Hall–Kier alpha value is -3.35. The molecule has 3 aromatic rings. The quantitative estimate of drug-likeness (QED) is 0.795. The lowest BCUT2D eigenvalue weighted by atomic mass is 10.2. The summed E-state index contributed by atoms with van der Waals surface area (Å²) < 4.78 is 12.9. The molecule has 0 fully saturated rings. The third kappa shape index (κ3) is 3.30. The van der Waals surface area contributed by atoms with E-state index in [4.69, 9.17) is 9.47 Å². The number of ether oxygens (including phenoxy) is 2. The van der Waals surface area contributed by atoms with Crippen LogP contribution in [0.3, 0.4) is 0 Å². The van der Waals surface area contributed by atoms with Gasteiger partial charge in [-0.15, -0.1) is 0 Å². The maximum atomic E-state index is 12.4. The average Bonchev–Trinajstić information content (AvgIpc) is 3.08. The third-order valence-electron chi connectivity index (χ3n) is 3.82. The predicted octanol–water partition coefficient (Wildman–Crippen LogP) is 2.68. The molecule has 7 heteroatoms. The van der Waals surface area contributed by atoms with Gasteiger partial charge in [-0.25, -0.2) is 9.67 Å². The molecule has 2 aromatic carbocycles. The molecule has 4 rings (SSSR count). The molecule has 0 saturated carbocycles. The maximum absolute atomic E-state index is 12.4. The second-order valence-corrected chi connectivity index (χ2v) is 5.55. The lowest BCUT2D eigenvalue weighted by Crippen LogP contribution is -2.12. The molecule has 7 nitrogen and oxygen atoms in total. The molecule has 1 aliphatic rings. The van der Waals surface area contributed by atoms with Gasteiger partial charge < -0.3 is 14.8 Å². The van der Waals surface area contributed by atoms with Crippen LogP contribution in [-0.4, -0.2) is 33.9 Å². The summed E-state index contributed by atoms with van der Waals surface area (Å²) in [4.78, 5) is 16.3. The molecule has 0 unspecified atom stereocenters. The third-order valence-corrected chi connectivity index (χ3v) is 3.82. The van der Waals surface area contributed by atoms with Crippen molar-refractivity contribution in [1.29, 1.82) is 0 Å². The summed E-state index contributed by atoms with van der Waals surface area (Å²) in [6.45, 7) is 1.24. The van der Waals surface area contributed by atoms with Gasteiger partial charge in [-0.3, -0.25) is 4.79 Å². The normalized spacial score (nSPS) is 13.1. The molecule has 1 aliphatic heterocycles. The van der Waals surface area contributed by atoms with Gasteiger partial charge in [0.15, 0.2) is 11.5 Å². The Kier molecular flexibility index (Phi) is 4.04. The van der Waals surface area contributed by atoms with Crippen LogP contribution < -0.4 is 14.8 Å². The van der Waals surface area contributed by atoms with E-state index >= 15 is 0 Å². The molecule has 1 aromatic heterocycles. The van der Waals surface area contributed by atoms with E-state index in [2.05, 4.69) is 15.4 Å². The predicted molar refractivity (Wildman–Crippen MR) is 91.4 cm³/mol. The Bertz CT molecular complexity index is 876. The molecule has 1 N–H and O–H groups in total. The van der Waals surface area contributed by atoms with Crippen molar-refractivity contribution in [2.75, 3.05) is 18.5 Å². The highest BCUT2D eigenvalue weighted by atomic mass is 16.5.